The van der Waals surface area contributed by atoms with E-state index in [4.69, 9.17) is 0 Å². The normalized spacial score (nSPS) is 11.6. The van der Waals surface area contributed by atoms with Crippen LogP contribution in [0.25, 0.3) is 0 Å². The summed E-state index contributed by atoms with van der Waals surface area (Å²) < 4.78 is 0.975. The predicted octanol–water partition coefficient (Wildman–Crippen LogP) is 5.08. The summed E-state index contributed by atoms with van der Waals surface area (Å²) in [6.45, 7) is 4.79. The van der Waals surface area contributed by atoms with Gasteiger partial charge < -0.3 is 10.2 Å². The molecule has 0 aromatic heterocycles. The van der Waals surface area contributed by atoms with Gasteiger partial charge in [0.1, 0.15) is 6.04 Å². The summed E-state index contributed by atoms with van der Waals surface area (Å²) in [7, 11) is 0. The molecule has 5 heteroatoms. The van der Waals surface area contributed by atoms with E-state index in [1.165, 1.54) is 0 Å². The van der Waals surface area contributed by atoms with Crippen LogP contribution in [-0.4, -0.2) is 29.3 Å². The summed E-state index contributed by atoms with van der Waals surface area (Å²) >= 11 is 3.46. The van der Waals surface area contributed by atoms with Gasteiger partial charge in [-0.05, 0) is 42.7 Å². The Kier molecular flexibility index (Phi) is 8.63. The van der Waals surface area contributed by atoms with Crippen LogP contribution in [0.4, 0.5) is 0 Å². The Morgan fingerprint density at radius 2 is 1.59 bits per heavy atom. The molecule has 0 aliphatic carbocycles. The van der Waals surface area contributed by atoms with Gasteiger partial charge in [-0.3, -0.25) is 9.59 Å². The topological polar surface area (TPSA) is 49.4 Å². The first kappa shape index (κ1) is 23.7. The zero-order valence-electron chi connectivity index (χ0n) is 18.6. The van der Waals surface area contributed by atoms with Crippen LogP contribution >= 0.6 is 15.9 Å². The molecule has 0 radical (unpaired) electrons. The Balaban J connectivity index is 1.94. The monoisotopic (exact) mass is 492 g/mol. The number of carbonyl (C=O) groups excluding carboxylic acids is 2. The molecule has 3 aromatic carbocycles. The fourth-order valence-electron chi connectivity index (χ4n) is 3.73. The number of amides is 2. The standard InChI is InChI=1S/C27H29BrN2O2/c1-3-29-27(32)25(17-21-9-5-4-6-10-21)30(19-22-12-14-24(28)15-13-22)26(31)18-23-11-7-8-20(2)16-23/h4-16,25H,3,17-19H2,1-2H3,(H,29,32)/t25-/m0/s1. The summed E-state index contributed by atoms with van der Waals surface area (Å²) in [4.78, 5) is 28.4. The molecule has 3 rings (SSSR count). The number of nitrogens with one attached hydrogen (secondary N) is 1. The number of likely N-dealkylation sites (N-methyl/N-ethyl adjacent to an activating group) is 1. The summed E-state index contributed by atoms with van der Waals surface area (Å²) in [5.41, 5.74) is 4.06. The first-order valence-electron chi connectivity index (χ1n) is 10.9. The summed E-state index contributed by atoms with van der Waals surface area (Å²) in [6.07, 6.45) is 0.714. The highest BCUT2D eigenvalue weighted by Crippen LogP contribution is 2.18. The molecule has 3 aromatic rings. The second kappa shape index (κ2) is 11.6. The van der Waals surface area contributed by atoms with Crippen LogP contribution in [-0.2, 0) is 29.0 Å². The fourth-order valence-corrected chi connectivity index (χ4v) is 4.00. The van der Waals surface area contributed by atoms with Gasteiger partial charge in [-0.15, -0.1) is 0 Å². The van der Waals surface area contributed by atoms with Crippen molar-refractivity contribution in [1.82, 2.24) is 10.2 Å². The number of nitrogens with zero attached hydrogens (tertiary/aromatic N) is 1. The van der Waals surface area contributed by atoms with Gasteiger partial charge in [-0.2, -0.15) is 0 Å². The zero-order valence-corrected chi connectivity index (χ0v) is 20.1. The van der Waals surface area contributed by atoms with Crippen LogP contribution in [0.3, 0.4) is 0 Å². The summed E-state index contributed by atoms with van der Waals surface area (Å²) in [6, 6.07) is 25.1. The Bertz CT molecular complexity index is 1040. The van der Waals surface area contributed by atoms with Crippen molar-refractivity contribution in [1.29, 1.82) is 0 Å². The van der Waals surface area contributed by atoms with E-state index in [1.54, 1.807) is 4.90 Å². The van der Waals surface area contributed by atoms with E-state index in [9.17, 15) is 9.59 Å². The number of benzene rings is 3. The fraction of sp³-hybridized carbons (Fsp3) is 0.259. The minimum absolute atomic E-state index is 0.0642. The maximum absolute atomic E-state index is 13.6. The SMILES string of the molecule is CCNC(=O)[C@H](Cc1ccccc1)N(Cc1ccc(Br)cc1)C(=O)Cc1cccc(C)c1. The number of carbonyl (C=O) groups is 2. The quantitative estimate of drug-likeness (QED) is 0.452. The van der Waals surface area contributed by atoms with E-state index in [1.807, 2.05) is 92.7 Å². The van der Waals surface area contributed by atoms with Crippen LogP contribution in [0.5, 0.6) is 0 Å². The highest BCUT2D eigenvalue weighted by Gasteiger charge is 2.30. The molecule has 0 unspecified atom stereocenters. The number of rotatable bonds is 9. The van der Waals surface area contributed by atoms with Gasteiger partial charge in [-0.25, -0.2) is 0 Å². The minimum atomic E-state index is -0.599. The Morgan fingerprint density at radius 1 is 0.906 bits per heavy atom. The smallest absolute Gasteiger partial charge is 0.243 e. The average molecular weight is 493 g/mol. The van der Waals surface area contributed by atoms with Gasteiger partial charge in [0, 0.05) is 24.0 Å². The molecule has 0 saturated heterocycles. The molecule has 4 nitrogen and oxygen atoms in total. The lowest BCUT2D eigenvalue weighted by atomic mass is 10.0. The Hall–Kier alpha value is -2.92. The van der Waals surface area contributed by atoms with E-state index >= 15 is 0 Å². The first-order valence-corrected chi connectivity index (χ1v) is 11.7. The van der Waals surface area contributed by atoms with Crippen LogP contribution in [0, 0.1) is 6.92 Å². The highest BCUT2D eigenvalue weighted by molar-refractivity contribution is 9.10. The number of halogens is 1. The predicted molar refractivity (Wildman–Crippen MR) is 132 cm³/mol. The van der Waals surface area contributed by atoms with Crippen molar-refractivity contribution in [3.8, 4) is 0 Å². The van der Waals surface area contributed by atoms with Gasteiger partial charge in [0.2, 0.25) is 11.8 Å². The van der Waals surface area contributed by atoms with Gasteiger partial charge in [0.05, 0.1) is 6.42 Å². The number of hydrogen-bond donors (Lipinski definition) is 1. The lowest BCUT2D eigenvalue weighted by Crippen LogP contribution is -2.50. The van der Waals surface area contributed by atoms with E-state index in [2.05, 4.69) is 21.2 Å². The molecule has 1 N–H and O–H groups in total. The molecule has 0 heterocycles. The molecule has 0 saturated carbocycles. The Morgan fingerprint density at radius 3 is 2.25 bits per heavy atom. The molecule has 2 amide bonds. The molecule has 0 aliphatic heterocycles. The molecular formula is C27H29BrN2O2. The molecule has 1 atom stereocenters. The molecule has 0 spiro atoms. The second-order valence-corrected chi connectivity index (χ2v) is 8.83. The van der Waals surface area contributed by atoms with Crippen molar-refractivity contribution >= 4 is 27.7 Å². The van der Waals surface area contributed by atoms with Crippen molar-refractivity contribution in [3.05, 3.63) is 106 Å². The van der Waals surface area contributed by atoms with Crippen LogP contribution in [0.1, 0.15) is 29.2 Å². The van der Waals surface area contributed by atoms with E-state index in [0.29, 0.717) is 19.5 Å². The molecule has 166 valence electrons. The van der Waals surface area contributed by atoms with Gasteiger partial charge >= 0.3 is 0 Å². The van der Waals surface area contributed by atoms with E-state index in [-0.39, 0.29) is 18.2 Å². The van der Waals surface area contributed by atoms with Gasteiger partial charge in [-0.1, -0.05) is 88.2 Å². The van der Waals surface area contributed by atoms with Crippen molar-refractivity contribution in [2.24, 2.45) is 0 Å². The third-order valence-corrected chi connectivity index (χ3v) is 5.85. The maximum atomic E-state index is 13.6. The Labute approximate surface area is 198 Å². The van der Waals surface area contributed by atoms with Crippen molar-refractivity contribution in [2.45, 2.75) is 39.3 Å². The largest absolute Gasteiger partial charge is 0.355 e. The second-order valence-electron chi connectivity index (χ2n) is 7.91. The maximum Gasteiger partial charge on any atom is 0.243 e. The molecular weight excluding hydrogens is 464 g/mol. The van der Waals surface area contributed by atoms with Crippen LogP contribution in [0.2, 0.25) is 0 Å². The third-order valence-electron chi connectivity index (χ3n) is 5.33. The number of aryl methyl sites for hydroxylation is 1. The molecule has 0 fully saturated rings. The summed E-state index contributed by atoms with van der Waals surface area (Å²) in [5.74, 6) is -0.197. The lowest BCUT2D eigenvalue weighted by molar-refractivity contribution is -0.140. The van der Waals surface area contributed by atoms with E-state index < -0.39 is 6.04 Å². The highest BCUT2D eigenvalue weighted by atomic mass is 79.9. The third kappa shape index (κ3) is 6.79. The molecule has 32 heavy (non-hydrogen) atoms. The van der Waals surface area contributed by atoms with Crippen LogP contribution in [0.15, 0.2) is 83.3 Å². The minimum Gasteiger partial charge on any atom is -0.355 e. The number of hydrogen-bond acceptors (Lipinski definition) is 2. The molecule has 0 aliphatic rings. The summed E-state index contributed by atoms with van der Waals surface area (Å²) in [5, 5.41) is 2.93. The van der Waals surface area contributed by atoms with E-state index in [0.717, 1.165) is 26.7 Å². The van der Waals surface area contributed by atoms with Crippen molar-refractivity contribution < 1.29 is 9.59 Å². The zero-order chi connectivity index (χ0) is 22.9. The van der Waals surface area contributed by atoms with Crippen molar-refractivity contribution in [2.75, 3.05) is 6.54 Å². The lowest BCUT2D eigenvalue weighted by Gasteiger charge is -2.31. The van der Waals surface area contributed by atoms with Gasteiger partial charge in [0.15, 0.2) is 0 Å². The van der Waals surface area contributed by atoms with Crippen LogP contribution < -0.4 is 5.32 Å². The first-order chi connectivity index (χ1) is 15.5. The average Bonchev–Trinajstić information content (AvgIpc) is 2.78. The van der Waals surface area contributed by atoms with Gasteiger partial charge in [0.25, 0.3) is 0 Å². The molecule has 0 bridgehead atoms. The van der Waals surface area contributed by atoms with Crippen molar-refractivity contribution in [3.63, 3.8) is 0 Å².